The van der Waals surface area contributed by atoms with Crippen LogP contribution in [0.15, 0.2) is 35.3 Å². The van der Waals surface area contributed by atoms with Crippen LogP contribution in [0.3, 0.4) is 0 Å². The van der Waals surface area contributed by atoms with Gasteiger partial charge in [-0.15, -0.1) is 0 Å². The third-order valence-electron chi connectivity index (χ3n) is 3.16. The van der Waals surface area contributed by atoms with Crippen molar-refractivity contribution in [2.45, 2.75) is 32.9 Å². The summed E-state index contributed by atoms with van der Waals surface area (Å²) in [6, 6.07) is 9.31. The maximum atomic E-state index is 12.0. The van der Waals surface area contributed by atoms with Gasteiger partial charge in [-0.2, -0.15) is 0 Å². The van der Waals surface area contributed by atoms with Crippen molar-refractivity contribution in [3.8, 4) is 0 Å². The van der Waals surface area contributed by atoms with E-state index >= 15 is 0 Å². The second kappa shape index (κ2) is 10.1. The molecule has 1 aromatic rings. The molecule has 0 unspecified atom stereocenters. The van der Waals surface area contributed by atoms with Crippen molar-refractivity contribution in [2.75, 3.05) is 25.9 Å². The lowest BCUT2D eigenvalue weighted by Gasteiger charge is -2.21. The number of benzene rings is 1. The predicted molar refractivity (Wildman–Crippen MR) is 104 cm³/mol. The fourth-order valence-electron chi connectivity index (χ4n) is 2.01. The van der Waals surface area contributed by atoms with E-state index in [2.05, 4.69) is 25.7 Å². The summed E-state index contributed by atoms with van der Waals surface area (Å²) < 4.78 is 26.6. The normalized spacial score (nSPS) is 12.5. The van der Waals surface area contributed by atoms with Gasteiger partial charge in [0.25, 0.3) is 0 Å². The highest BCUT2D eigenvalue weighted by Crippen LogP contribution is 1.99. The highest BCUT2D eigenvalue weighted by molar-refractivity contribution is 7.89. The molecule has 1 aromatic carbocycles. The highest BCUT2D eigenvalue weighted by Gasteiger charge is 2.14. The Morgan fingerprint density at radius 3 is 2.35 bits per heavy atom. The van der Waals surface area contributed by atoms with Crippen LogP contribution in [0.5, 0.6) is 0 Å². The van der Waals surface area contributed by atoms with Gasteiger partial charge >= 0.3 is 0 Å². The van der Waals surface area contributed by atoms with E-state index in [1.807, 2.05) is 51.1 Å². The van der Waals surface area contributed by atoms with Crippen molar-refractivity contribution in [1.82, 2.24) is 20.7 Å². The minimum atomic E-state index is -3.41. The van der Waals surface area contributed by atoms with Gasteiger partial charge in [-0.25, -0.2) is 13.1 Å². The van der Waals surface area contributed by atoms with E-state index < -0.39 is 10.0 Å². The summed E-state index contributed by atoms with van der Waals surface area (Å²) in [4.78, 5) is 15.7. The van der Waals surface area contributed by atoms with E-state index in [9.17, 15) is 13.2 Å². The summed E-state index contributed by atoms with van der Waals surface area (Å²) in [6.45, 7) is 6.16. The number of aliphatic imine (C=N–C) groups is 1. The monoisotopic (exact) mass is 383 g/mol. The van der Waals surface area contributed by atoms with Crippen LogP contribution in [-0.4, -0.2) is 51.7 Å². The maximum absolute atomic E-state index is 12.0. The molecular weight excluding hydrogens is 354 g/mol. The van der Waals surface area contributed by atoms with Crippen LogP contribution in [0.2, 0.25) is 0 Å². The predicted octanol–water partition coefficient (Wildman–Crippen LogP) is 0.186. The molecule has 0 bridgehead atoms. The van der Waals surface area contributed by atoms with Gasteiger partial charge in [0.2, 0.25) is 15.9 Å². The van der Waals surface area contributed by atoms with Gasteiger partial charge in [0.15, 0.2) is 5.96 Å². The molecule has 0 aromatic heterocycles. The molecule has 1 rings (SSSR count). The summed E-state index contributed by atoms with van der Waals surface area (Å²) in [5.74, 6) is 0.0965. The average molecular weight is 384 g/mol. The zero-order valence-electron chi connectivity index (χ0n) is 15.8. The number of amides is 1. The second-order valence-corrected chi connectivity index (χ2v) is 8.70. The van der Waals surface area contributed by atoms with Crippen molar-refractivity contribution in [3.05, 3.63) is 35.9 Å². The molecular formula is C17H29N5O3S. The van der Waals surface area contributed by atoms with E-state index in [1.165, 1.54) is 0 Å². The van der Waals surface area contributed by atoms with Crippen molar-refractivity contribution < 1.29 is 13.2 Å². The minimum Gasteiger partial charge on any atom is -0.355 e. The number of sulfonamides is 1. The first kappa shape index (κ1) is 21.9. The van der Waals surface area contributed by atoms with E-state index in [-0.39, 0.29) is 36.8 Å². The molecule has 9 heteroatoms. The number of hydrogen-bond acceptors (Lipinski definition) is 4. The summed E-state index contributed by atoms with van der Waals surface area (Å²) in [7, 11) is -1.86. The lowest BCUT2D eigenvalue weighted by molar-refractivity contribution is -0.121. The number of carbonyl (C=O) groups excluding carboxylic acids is 1. The Kier molecular flexibility index (Phi) is 8.53. The first-order chi connectivity index (χ1) is 12.1. The van der Waals surface area contributed by atoms with Crippen LogP contribution in [0.1, 0.15) is 26.3 Å². The number of rotatable bonds is 8. The highest BCUT2D eigenvalue weighted by atomic mass is 32.2. The molecule has 26 heavy (non-hydrogen) atoms. The molecule has 0 aliphatic rings. The molecule has 0 heterocycles. The topological polar surface area (TPSA) is 112 Å². The van der Waals surface area contributed by atoms with Crippen LogP contribution in [0.4, 0.5) is 0 Å². The summed E-state index contributed by atoms with van der Waals surface area (Å²) in [5, 5.41) is 8.55. The van der Waals surface area contributed by atoms with Crippen LogP contribution in [-0.2, 0) is 21.4 Å². The first-order valence-electron chi connectivity index (χ1n) is 8.38. The largest absolute Gasteiger partial charge is 0.355 e. The molecule has 1 amide bonds. The molecule has 0 atom stereocenters. The number of carbonyl (C=O) groups is 1. The Balaban J connectivity index is 2.33. The lowest BCUT2D eigenvalue weighted by Crippen LogP contribution is -2.48. The molecule has 4 N–H and O–H groups in total. The van der Waals surface area contributed by atoms with Gasteiger partial charge in [0.05, 0.1) is 12.3 Å². The standard InChI is InChI=1S/C17H29N5O3S/c1-17(2,3)22-15(23)13-20-16(18-4)19-10-11-26(24,25)21-12-14-8-6-5-7-9-14/h5-9,21H,10-13H2,1-4H3,(H,22,23)(H2,18,19,20). The van der Waals surface area contributed by atoms with Gasteiger partial charge in [-0.05, 0) is 26.3 Å². The van der Waals surface area contributed by atoms with Crippen molar-refractivity contribution in [1.29, 1.82) is 0 Å². The molecule has 0 aliphatic carbocycles. The van der Waals surface area contributed by atoms with E-state index in [1.54, 1.807) is 7.05 Å². The summed E-state index contributed by atoms with van der Waals surface area (Å²) in [5.41, 5.74) is 0.583. The van der Waals surface area contributed by atoms with Crippen LogP contribution in [0, 0.1) is 0 Å². The molecule has 0 aliphatic heterocycles. The van der Waals surface area contributed by atoms with Gasteiger partial charge in [-0.1, -0.05) is 30.3 Å². The van der Waals surface area contributed by atoms with Gasteiger partial charge in [-0.3, -0.25) is 9.79 Å². The Hall–Kier alpha value is -2.13. The number of nitrogens with one attached hydrogen (secondary N) is 4. The van der Waals surface area contributed by atoms with Crippen LogP contribution < -0.4 is 20.7 Å². The Labute approximate surface area is 155 Å². The number of guanidine groups is 1. The van der Waals surface area contributed by atoms with Gasteiger partial charge < -0.3 is 16.0 Å². The molecule has 0 saturated heterocycles. The van der Waals surface area contributed by atoms with E-state index in [0.717, 1.165) is 5.56 Å². The van der Waals surface area contributed by atoms with Crippen molar-refractivity contribution in [3.63, 3.8) is 0 Å². The Bertz CT molecular complexity index is 697. The van der Waals surface area contributed by atoms with E-state index in [4.69, 9.17) is 0 Å². The van der Waals surface area contributed by atoms with Gasteiger partial charge in [0.1, 0.15) is 0 Å². The van der Waals surface area contributed by atoms with Crippen LogP contribution in [0.25, 0.3) is 0 Å². The summed E-state index contributed by atoms with van der Waals surface area (Å²) >= 11 is 0. The van der Waals surface area contributed by atoms with Gasteiger partial charge in [0, 0.05) is 25.7 Å². The first-order valence-corrected chi connectivity index (χ1v) is 10.0. The van der Waals surface area contributed by atoms with Crippen LogP contribution >= 0.6 is 0 Å². The third-order valence-corrected chi connectivity index (χ3v) is 4.48. The lowest BCUT2D eigenvalue weighted by atomic mass is 10.1. The molecule has 0 spiro atoms. The van der Waals surface area contributed by atoms with E-state index in [0.29, 0.717) is 5.96 Å². The van der Waals surface area contributed by atoms with Crippen molar-refractivity contribution in [2.24, 2.45) is 4.99 Å². The number of nitrogens with zero attached hydrogens (tertiary/aromatic N) is 1. The Morgan fingerprint density at radius 2 is 1.77 bits per heavy atom. The van der Waals surface area contributed by atoms with Crippen molar-refractivity contribution >= 4 is 21.9 Å². The fourth-order valence-corrected chi connectivity index (χ4v) is 2.91. The minimum absolute atomic E-state index is 0.0515. The Morgan fingerprint density at radius 1 is 1.12 bits per heavy atom. The third kappa shape index (κ3) is 10.00. The summed E-state index contributed by atoms with van der Waals surface area (Å²) in [6.07, 6.45) is 0. The molecule has 0 radical (unpaired) electrons. The number of hydrogen-bond donors (Lipinski definition) is 4. The SMILES string of the molecule is CN=C(NCCS(=O)(=O)NCc1ccccc1)NCC(=O)NC(C)(C)C. The molecule has 0 fully saturated rings. The molecule has 8 nitrogen and oxygen atoms in total. The zero-order valence-corrected chi connectivity index (χ0v) is 16.6. The smallest absolute Gasteiger partial charge is 0.239 e. The quantitative estimate of drug-likeness (QED) is 0.378. The molecule has 146 valence electrons. The zero-order chi connectivity index (χ0) is 19.6. The maximum Gasteiger partial charge on any atom is 0.239 e. The second-order valence-electron chi connectivity index (χ2n) is 6.78. The average Bonchev–Trinajstić information content (AvgIpc) is 2.55. The molecule has 0 saturated carbocycles. The fraction of sp³-hybridized carbons (Fsp3) is 0.529.